The lowest BCUT2D eigenvalue weighted by Crippen LogP contribution is -2.42. The number of rotatable bonds is 5. The van der Waals surface area contributed by atoms with E-state index in [4.69, 9.17) is 9.26 Å². The average molecular weight is 344 g/mol. The SMILES string of the molecule is CNc1cccc([C@@H]2CN(C(=O)CCc3c(C)noc3C)CCO2)n1. The Morgan fingerprint density at radius 3 is 2.96 bits per heavy atom. The van der Waals surface area contributed by atoms with Crippen LogP contribution in [0.2, 0.25) is 0 Å². The average Bonchev–Trinajstić information content (AvgIpc) is 2.97. The Morgan fingerprint density at radius 1 is 1.40 bits per heavy atom. The van der Waals surface area contributed by atoms with Crippen molar-refractivity contribution in [2.75, 3.05) is 32.1 Å². The summed E-state index contributed by atoms with van der Waals surface area (Å²) < 4.78 is 11.0. The Morgan fingerprint density at radius 2 is 2.24 bits per heavy atom. The minimum atomic E-state index is -0.190. The van der Waals surface area contributed by atoms with E-state index in [1.54, 1.807) is 0 Å². The van der Waals surface area contributed by atoms with E-state index < -0.39 is 0 Å². The monoisotopic (exact) mass is 344 g/mol. The van der Waals surface area contributed by atoms with Crippen molar-refractivity contribution in [2.45, 2.75) is 32.8 Å². The van der Waals surface area contributed by atoms with E-state index in [1.807, 2.05) is 44.0 Å². The van der Waals surface area contributed by atoms with E-state index in [0.29, 0.717) is 32.5 Å². The topological polar surface area (TPSA) is 80.5 Å². The lowest BCUT2D eigenvalue weighted by Gasteiger charge is -2.33. The van der Waals surface area contributed by atoms with Crippen LogP contribution in [0.3, 0.4) is 0 Å². The fourth-order valence-corrected chi connectivity index (χ4v) is 3.07. The van der Waals surface area contributed by atoms with Gasteiger partial charge in [-0.15, -0.1) is 0 Å². The lowest BCUT2D eigenvalue weighted by atomic mass is 10.1. The molecular formula is C18H24N4O3. The summed E-state index contributed by atoms with van der Waals surface area (Å²) in [6.07, 6.45) is 0.903. The first-order valence-electron chi connectivity index (χ1n) is 8.54. The Bertz CT molecular complexity index is 724. The van der Waals surface area contributed by atoms with Gasteiger partial charge in [0.15, 0.2) is 0 Å². The Labute approximate surface area is 147 Å². The normalized spacial score (nSPS) is 17.6. The second-order valence-corrected chi connectivity index (χ2v) is 6.20. The largest absolute Gasteiger partial charge is 0.373 e. The molecule has 1 fully saturated rings. The van der Waals surface area contributed by atoms with Crippen molar-refractivity contribution >= 4 is 11.7 Å². The quantitative estimate of drug-likeness (QED) is 0.896. The molecule has 0 radical (unpaired) electrons. The second kappa shape index (κ2) is 7.65. The number of aromatic nitrogens is 2. The summed E-state index contributed by atoms with van der Waals surface area (Å²) in [7, 11) is 1.83. The van der Waals surface area contributed by atoms with Gasteiger partial charge in [-0.3, -0.25) is 4.79 Å². The van der Waals surface area contributed by atoms with Crippen LogP contribution in [0.15, 0.2) is 22.7 Å². The molecule has 0 unspecified atom stereocenters. The van der Waals surface area contributed by atoms with Crippen molar-refractivity contribution in [3.63, 3.8) is 0 Å². The first-order valence-corrected chi connectivity index (χ1v) is 8.54. The summed E-state index contributed by atoms with van der Waals surface area (Å²) in [6.45, 7) is 5.45. The summed E-state index contributed by atoms with van der Waals surface area (Å²) in [4.78, 5) is 19.0. The number of nitrogens with one attached hydrogen (secondary N) is 1. The van der Waals surface area contributed by atoms with Crippen molar-refractivity contribution in [1.29, 1.82) is 0 Å². The van der Waals surface area contributed by atoms with Crippen LogP contribution < -0.4 is 5.32 Å². The van der Waals surface area contributed by atoms with Crippen LogP contribution in [-0.4, -0.2) is 47.7 Å². The molecule has 1 N–H and O–H groups in total. The zero-order valence-corrected chi connectivity index (χ0v) is 14.9. The molecule has 25 heavy (non-hydrogen) atoms. The molecule has 134 valence electrons. The number of anilines is 1. The van der Waals surface area contributed by atoms with Crippen molar-refractivity contribution in [3.8, 4) is 0 Å². The number of morpholine rings is 1. The van der Waals surface area contributed by atoms with E-state index in [0.717, 1.165) is 28.5 Å². The zero-order chi connectivity index (χ0) is 17.8. The second-order valence-electron chi connectivity index (χ2n) is 6.20. The molecule has 0 aliphatic carbocycles. The number of amides is 1. The molecule has 7 heteroatoms. The number of hydrogen-bond acceptors (Lipinski definition) is 6. The highest BCUT2D eigenvalue weighted by atomic mass is 16.5. The molecule has 1 aliphatic rings. The van der Waals surface area contributed by atoms with Gasteiger partial charge in [-0.05, 0) is 32.4 Å². The fraction of sp³-hybridized carbons (Fsp3) is 0.500. The van der Waals surface area contributed by atoms with Crippen LogP contribution in [0.4, 0.5) is 5.82 Å². The van der Waals surface area contributed by atoms with Crippen molar-refractivity contribution in [2.24, 2.45) is 0 Å². The number of carbonyl (C=O) groups excluding carboxylic acids is 1. The Hall–Kier alpha value is -2.41. The third-order valence-electron chi connectivity index (χ3n) is 4.55. The smallest absolute Gasteiger partial charge is 0.223 e. The number of hydrogen-bond donors (Lipinski definition) is 1. The van der Waals surface area contributed by atoms with Gasteiger partial charge in [0.25, 0.3) is 0 Å². The van der Waals surface area contributed by atoms with Crippen molar-refractivity contribution < 1.29 is 14.1 Å². The highest BCUT2D eigenvalue weighted by Crippen LogP contribution is 2.23. The summed E-state index contributed by atoms with van der Waals surface area (Å²) in [6, 6.07) is 5.78. The summed E-state index contributed by atoms with van der Waals surface area (Å²) >= 11 is 0. The summed E-state index contributed by atoms with van der Waals surface area (Å²) in [5, 5.41) is 6.97. The molecule has 0 saturated carbocycles. The molecular weight excluding hydrogens is 320 g/mol. The Kier molecular flexibility index (Phi) is 5.33. The number of pyridine rings is 1. The molecule has 3 heterocycles. The van der Waals surface area contributed by atoms with Gasteiger partial charge in [-0.2, -0.15) is 0 Å². The summed E-state index contributed by atoms with van der Waals surface area (Å²) in [5.41, 5.74) is 2.73. The van der Waals surface area contributed by atoms with E-state index in [-0.39, 0.29) is 12.0 Å². The minimum Gasteiger partial charge on any atom is -0.373 e. The van der Waals surface area contributed by atoms with Gasteiger partial charge >= 0.3 is 0 Å². The molecule has 7 nitrogen and oxygen atoms in total. The first-order chi connectivity index (χ1) is 12.1. The van der Waals surface area contributed by atoms with Crippen LogP contribution in [0.1, 0.15) is 35.2 Å². The molecule has 0 bridgehead atoms. The first kappa shape index (κ1) is 17.4. The number of aryl methyl sites for hydroxylation is 2. The number of ether oxygens (including phenoxy) is 1. The van der Waals surface area contributed by atoms with Gasteiger partial charge in [-0.1, -0.05) is 11.2 Å². The maximum atomic E-state index is 12.6. The van der Waals surface area contributed by atoms with Crippen molar-refractivity contribution in [1.82, 2.24) is 15.0 Å². The molecule has 0 spiro atoms. The molecule has 2 aromatic rings. The molecule has 1 aliphatic heterocycles. The highest BCUT2D eigenvalue weighted by molar-refractivity contribution is 5.76. The van der Waals surface area contributed by atoms with Crippen LogP contribution in [-0.2, 0) is 16.0 Å². The minimum absolute atomic E-state index is 0.123. The van der Waals surface area contributed by atoms with Crippen LogP contribution in [0.5, 0.6) is 0 Å². The molecule has 1 amide bonds. The molecule has 2 aromatic heterocycles. The molecule has 3 rings (SSSR count). The number of carbonyl (C=O) groups is 1. The van der Waals surface area contributed by atoms with E-state index >= 15 is 0 Å². The van der Waals surface area contributed by atoms with Gasteiger partial charge in [0.1, 0.15) is 17.7 Å². The third kappa shape index (κ3) is 3.99. The lowest BCUT2D eigenvalue weighted by molar-refractivity contribution is -0.139. The molecule has 0 aromatic carbocycles. The van der Waals surface area contributed by atoms with Crippen LogP contribution >= 0.6 is 0 Å². The maximum absolute atomic E-state index is 12.6. The zero-order valence-electron chi connectivity index (χ0n) is 14.9. The fourth-order valence-electron chi connectivity index (χ4n) is 3.07. The third-order valence-corrected chi connectivity index (χ3v) is 4.55. The van der Waals surface area contributed by atoms with Gasteiger partial charge in [-0.25, -0.2) is 4.98 Å². The predicted octanol–water partition coefficient (Wildman–Crippen LogP) is 2.26. The van der Waals surface area contributed by atoms with Gasteiger partial charge < -0.3 is 19.5 Å². The number of nitrogens with zero attached hydrogens (tertiary/aromatic N) is 3. The highest BCUT2D eigenvalue weighted by Gasteiger charge is 2.26. The van der Waals surface area contributed by atoms with Gasteiger partial charge in [0.05, 0.1) is 24.5 Å². The Balaban J connectivity index is 1.61. The van der Waals surface area contributed by atoms with E-state index in [1.165, 1.54) is 0 Å². The molecule has 1 atom stereocenters. The van der Waals surface area contributed by atoms with E-state index in [2.05, 4.69) is 15.5 Å². The predicted molar refractivity (Wildman–Crippen MR) is 93.4 cm³/mol. The van der Waals surface area contributed by atoms with Crippen LogP contribution in [0.25, 0.3) is 0 Å². The van der Waals surface area contributed by atoms with Crippen molar-refractivity contribution in [3.05, 3.63) is 40.9 Å². The summed E-state index contributed by atoms with van der Waals surface area (Å²) in [5.74, 6) is 1.71. The van der Waals surface area contributed by atoms with Crippen LogP contribution in [0, 0.1) is 13.8 Å². The maximum Gasteiger partial charge on any atom is 0.223 e. The molecule has 1 saturated heterocycles. The van der Waals surface area contributed by atoms with E-state index in [9.17, 15) is 4.79 Å². The van der Waals surface area contributed by atoms with Gasteiger partial charge in [0, 0.05) is 25.6 Å². The van der Waals surface area contributed by atoms with Gasteiger partial charge in [0.2, 0.25) is 5.91 Å². The standard InChI is InChI=1S/C18H24N4O3/c1-12-14(13(2)25-21-12)7-8-18(23)22-9-10-24-16(11-22)15-5-4-6-17(19-3)20-15/h4-6,16H,7-11H2,1-3H3,(H,19,20)/t16-/m0/s1.